The molecule has 3 atom stereocenters. The minimum absolute atomic E-state index is 0.103. The van der Waals surface area contributed by atoms with Crippen LogP contribution in [-0.4, -0.2) is 0 Å². The Balaban J connectivity index is 1.81. The Morgan fingerprint density at radius 1 is 0.875 bits per heavy atom. The first-order chi connectivity index (χ1) is 11.8. The van der Waals surface area contributed by atoms with E-state index in [0.29, 0.717) is 5.41 Å². The van der Waals surface area contributed by atoms with Gasteiger partial charge in [0.05, 0.1) is 5.54 Å². The molecule has 2 fully saturated rings. The summed E-state index contributed by atoms with van der Waals surface area (Å²) in [5.74, 6) is 0.829. The van der Waals surface area contributed by atoms with Crippen LogP contribution < -0.4 is 5.32 Å². The second-order valence-corrected chi connectivity index (χ2v) is 8.20. The van der Waals surface area contributed by atoms with Crippen LogP contribution in [0.5, 0.6) is 0 Å². The second kappa shape index (κ2) is 5.12. The zero-order chi connectivity index (χ0) is 16.2. The fraction of sp³-hybridized carbons (Fsp3) is 0.478. The molecule has 1 heterocycles. The Labute approximate surface area is 145 Å². The molecule has 2 saturated carbocycles. The van der Waals surface area contributed by atoms with Crippen molar-refractivity contribution in [2.75, 3.05) is 5.32 Å². The molecule has 0 aromatic heterocycles. The van der Waals surface area contributed by atoms with Crippen molar-refractivity contribution in [3.05, 3.63) is 65.2 Å². The lowest BCUT2D eigenvalue weighted by atomic mass is 9.48. The minimum Gasteiger partial charge on any atom is -0.374 e. The van der Waals surface area contributed by atoms with Gasteiger partial charge < -0.3 is 5.32 Å². The molecule has 2 aromatic rings. The molecular formula is C23H27N. The molecule has 2 aromatic carbocycles. The Kier molecular flexibility index (Phi) is 3.11. The third-order valence-corrected chi connectivity index (χ3v) is 7.29. The van der Waals surface area contributed by atoms with Gasteiger partial charge in [-0.2, -0.15) is 0 Å². The molecule has 1 spiro atoms. The van der Waals surface area contributed by atoms with E-state index in [-0.39, 0.29) is 5.54 Å². The molecule has 0 saturated heterocycles. The maximum absolute atomic E-state index is 4.12. The molecule has 1 N–H and O–H groups in total. The highest BCUT2D eigenvalue weighted by molar-refractivity contribution is 5.71. The molecule has 5 rings (SSSR count). The predicted octanol–water partition coefficient (Wildman–Crippen LogP) is 5.93. The predicted molar refractivity (Wildman–Crippen MR) is 100 cm³/mol. The summed E-state index contributed by atoms with van der Waals surface area (Å²) in [4.78, 5) is 0. The standard InChI is InChI=1S/C23H27N/c1-17-9-7-14-20-21(17)24-23(19-11-3-2-4-12-19)16-8-13-18-10-5-6-15-22(18,20)23/h2-4,7,9,11-12,14,18,24H,5-6,8,10,13,15-16H2,1H3/t18-,22+,23-/m0/s1. The molecule has 0 radical (unpaired) electrons. The van der Waals surface area contributed by atoms with Gasteiger partial charge in [0, 0.05) is 11.1 Å². The van der Waals surface area contributed by atoms with E-state index in [1.54, 1.807) is 5.56 Å². The van der Waals surface area contributed by atoms with Gasteiger partial charge in [0.25, 0.3) is 0 Å². The van der Waals surface area contributed by atoms with Gasteiger partial charge in [-0.1, -0.05) is 67.8 Å². The van der Waals surface area contributed by atoms with Gasteiger partial charge in [-0.3, -0.25) is 0 Å². The first kappa shape index (κ1) is 14.6. The van der Waals surface area contributed by atoms with E-state index in [9.17, 15) is 0 Å². The Morgan fingerprint density at radius 2 is 1.71 bits per heavy atom. The molecule has 1 heteroatoms. The van der Waals surface area contributed by atoms with Gasteiger partial charge in [-0.25, -0.2) is 0 Å². The van der Waals surface area contributed by atoms with Crippen LogP contribution in [0.25, 0.3) is 0 Å². The minimum atomic E-state index is 0.103. The highest BCUT2D eigenvalue weighted by Crippen LogP contribution is 2.66. The largest absolute Gasteiger partial charge is 0.374 e. The highest BCUT2D eigenvalue weighted by atomic mass is 15.1. The number of hydrogen-bond donors (Lipinski definition) is 1. The molecule has 1 nitrogen and oxygen atoms in total. The summed E-state index contributed by atoms with van der Waals surface area (Å²) in [6, 6.07) is 18.3. The smallest absolute Gasteiger partial charge is 0.0725 e. The van der Waals surface area contributed by atoms with Gasteiger partial charge in [0.15, 0.2) is 0 Å². The lowest BCUT2D eigenvalue weighted by Gasteiger charge is -2.57. The number of benzene rings is 2. The number of rotatable bonds is 1. The van der Waals surface area contributed by atoms with Crippen molar-refractivity contribution in [2.24, 2.45) is 5.92 Å². The van der Waals surface area contributed by atoms with E-state index in [1.165, 1.54) is 61.8 Å². The van der Waals surface area contributed by atoms with Gasteiger partial charge in [0.1, 0.15) is 0 Å². The van der Waals surface area contributed by atoms with Gasteiger partial charge in [-0.15, -0.1) is 0 Å². The van der Waals surface area contributed by atoms with Crippen LogP contribution >= 0.6 is 0 Å². The molecule has 0 bridgehead atoms. The number of anilines is 1. The topological polar surface area (TPSA) is 12.0 Å². The van der Waals surface area contributed by atoms with E-state index >= 15 is 0 Å². The zero-order valence-electron chi connectivity index (χ0n) is 14.6. The van der Waals surface area contributed by atoms with Crippen LogP contribution in [0.2, 0.25) is 0 Å². The summed E-state index contributed by atoms with van der Waals surface area (Å²) < 4.78 is 0. The third-order valence-electron chi connectivity index (χ3n) is 7.29. The fourth-order valence-corrected chi connectivity index (χ4v) is 6.41. The van der Waals surface area contributed by atoms with E-state index in [1.807, 2.05) is 0 Å². The first-order valence-corrected chi connectivity index (χ1v) is 9.72. The van der Waals surface area contributed by atoms with Gasteiger partial charge in [-0.05, 0) is 55.2 Å². The number of fused-ring (bicyclic) bond motifs is 1. The second-order valence-electron chi connectivity index (χ2n) is 8.20. The molecule has 0 unspecified atom stereocenters. The first-order valence-electron chi connectivity index (χ1n) is 9.72. The number of aryl methyl sites for hydroxylation is 1. The van der Waals surface area contributed by atoms with Crippen molar-refractivity contribution >= 4 is 5.69 Å². The molecule has 124 valence electrons. The van der Waals surface area contributed by atoms with Crippen LogP contribution in [0.15, 0.2) is 48.5 Å². The summed E-state index contributed by atoms with van der Waals surface area (Å²) in [6.07, 6.45) is 9.56. The quantitative estimate of drug-likeness (QED) is 0.687. The fourth-order valence-electron chi connectivity index (χ4n) is 6.41. The lowest BCUT2D eigenvalue weighted by Crippen LogP contribution is -2.57. The summed E-state index contributed by atoms with van der Waals surface area (Å²) >= 11 is 0. The van der Waals surface area contributed by atoms with Crippen LogP contribution in [0.4, 0.5) is 5.69 Å². The van der Waals surface area contributed by atoms with Crippen LogP contribution in [0.3, 0.4) is 0 Å². The average Bonchev–Trinajstić information content (AvgIpc) is 2.94. The van der Waals surface area contributed by atoms with Crippen molar-refractivity contribution in [1.82, 2.24) is 0 Å². The molecular weight excluding hydrogens is 290 g/mol. The molecule has 1 aliphatic heterocycles. The maximum atomic E-state index is 4.12. The van der Waals surface area contributed by atoms with E-state index in [2.05, 4.69) is 60.8 Å². The van der Waals surface area contributed by atoms with Crippen molar-refractivity contribution < 1.29 is 0 Å². The van der Waals surface area contributed by atoms with Crippen molar-refractivity contribution in [3.8, 4) is 0 Å². The monoisotopic (exact) mass is 317 g/mol. The Bertz CT molecular complexity index is 763. The van der Waals surface area contributed by atoms with E-state index in [4.69, 9.17) is 0 Å². The average molecular weight is 317 g/mol. The summed E-state index contributed by atoms with van der Waals surface area (Å²) in [5.41, 5.74) is 6.38. The number of hydrogen-bond acceptors (Lipinski definition) is 1. The normalized spacial score (nSPS) is 34.0. The molecule has 2 aliphatic carbocycles. The zero-order valence-corrected chi connectivity index (χ0v) is 14.6. The molecule has 0 amide bonds. The van der Waals surface area contributed by atoms with Crippen LogP contribution in [0.1, 0.15) is 61.6 Å². The lowest BCUT2D eigenvalue weighted by molar-refractivity contribution is 0.0565. The summed E-state index contributed by atoms with van der Waals surface area (Å²) in [7, 11) is 0. The van der Waals surface area contributed by atoms with Crippen LogP contribution in [-0.2, 0) is 11.0 Å². The number of nitrogens with one attached hydrogen (secondary N) is 1. The summed E-state index contributed by atoms with van der Waals surface area (Å²) in [6.45, 7) is 2.27. The third kappa shape index (κ3) is 1.66. The summed E-state index contributed by atoms with van der Waals surface area (Å²) in [5, 5.41) is 4.12. The highest BCUT2D eigenvalue weighted by Gasteiger charge is 2.63. The molecule has 3 aliphatic rings. The van der Waals surface area contributed by atoms with Crippen molar-refractivity contribution in [2.45, 2.75) is 62.8 Å². The Morgan fingerprint density at radius 3 is 2.58 bits per heavy atom. The van der Waals surface area contributed by atoms with Gasteiger partial charge in [0.2, 0.25) is 0 Å². The number of para-hydroxylation sites is 1. The Hall–Kier alpha value is -1.76. The van der Waals surface area contributed by atoms with Crippen LogP contribution in [0, 0.1) is 12.8 Å². The molecule has 24 heavy (non-hydrogen) atoms. The van der Waals surface area contributed by atoms with E-state index < -0.39 is 0 Å². The SMILES string of the molecule is Cc1cccc2c1N[C@]1(c3ccccc3)CCC[C@@H]3CCCC[C@]231. The maximum Gasteiger partial charge on any atom is 0.0725 e. The van der Waals surface area contributed by atoms with E-state index in [0.717, 1.165) is 5.92 Å². The van der Waals surface area contributed by atoms with Gasteiger partial charge >= 0.3 is 0 Å². The van der Waals surface area contributed by atoms with Crippen molar-refractivity contribution in [1.29, 1.82) is 0 Å². The van der Waals surface area contributed by atoms with Crippen molar-refractivity contribution in [3.63, 3.8) is 0 Å².